The fourth-order valence-electron chi connectivity index (χ4n) is 1.97. The highest BCUT2D eigenvalue weighted by atomic mass is 16.4. The molecule has 0 radical (unpaired) electrons. The van der Waals surface area contributed by atoms with Gasteiger partial charge >= 0.3 is 5.97 Å². The van der Waals surface area contributed by atoms with Gasteiger partial charge in [0.1, 0.15) is 11.5 Å². The quantitative estimate of drug-likeness (QED) is 0.904. The summed E-state index contributed by atoms with van der Waals surface area (Å²) in [7, 11) is 0. The molecule has 0 aliphatic carbocycles. The van der Waals surface area contributed by atoms with Crippen LogP contribution in [0.2, 0.25) is 0 Å². The zero-order chi connectivity index (χ0) is 13.4. The Morgan fingerprint density at radius 3 is 2.28 bits per heavy atom. The summed E-state index contributed by atoms with van der Waals surface area (Å²) in [6.45, 7) is 7.41. The minimum absolute atomic E-state index is 0.0925. The summed E-state index contributed by atoms with van der Waals surface area (Å²) in [6.07, 6.45) is 0.514. The third-order valence-electron chi connectivity index (χ3n) is 3.00. The first-order chi connectivity index (χ1) is 8.45. The average molecular weight is 249 g/mol. The van der Waals surface area contributed by atoms with Crippen molar-refractivity contribution >= 4 is 5.97 Å². The van der Waals surface area contributed by atoms with E-state index in [2.05, 4.69) is 4.98 Å². The second-order valence-electron chi connectivity index (χ2n) is 4.17. The van der Waals surface area contributed by atoms with Gasteiger partial charge in [-0.2, -0.15) is 0 Å². The molecule has 2 rings (SSSR count). The highest BCUT2D eigenvalue weighted by Crippen LogP contribution is 2.32. The van der Waals surface area contributed by atoms with Crippen molar-refractivity contribution in [3.05, 3.63) is 28.5 Å². The van der Waals surface area contributed by atoms with E-state index in [4.69, 9.17) is 13.9 Å². The number of carbonyl (C=O) groups is 1. The normalized spacial score (nSPS) is 10.9. The van der Waals surface area contributed by atoms with Gasteiger partial charge in [-0.05, 0) is 27.2 Å². The van der Waals surface area contributed by atoms with Crippen LogP contribution in [0.4, 0.5) is 0 Å². The van der Waals surface area contributed by atoms with Gasteiger partial charge in [0.25, 0.3) is 0 Å². The molecular formula is C13H15NO4. The maximum absolute atomic E-state index is 11.0. The standard InChI is InChI=1S/C13H15NO4/c1-5-9-11(13(15)16)18-12(14-9)10-6(2)7(3)17-8(10)4/h5H2,1-4H3,(H,15,16). The Hall–Kier alpha value is -2.04. The summed E-state index contributed by atoms with van der Waals surface area (Å²) in [4.78, 5) is 15.3. The van der Waals surface area contributed by atoms with Crippen LogP contribution in [0.15, 0.2) is 8.83 Å². The van der Waals surface area contributed by atoms with Gasteiger partial charge in [-0.3, -0.25) is 0 Å². The van der Waals surface area contributed by atoms with Crippen molar-refractivity contribution < 1.29 is 18.7 Å². The van der Waals surface area contributed by atoms with E-state index in [0.29, 0.717) is 23.8 Å². The van der Waals surface area contributed by atoms with Crippen LogP contribution >= 0.6 is 0 Å². The number of nitrogens with zero attached hydrogens (tertiary/aromatic N) is 1. The highest BCUT2D eigenvalue weighted by Gasteiger charge is 2.23. The van der Waals surface area contributed by atoms with Crippen LogP contribution in [0.25, 0.3) is 11.5 Å². The first kappa shape index (κ1) is 12.4. The largest absolute Gasteiger partial charge is 0.475 e. The van der Waals surface area contributed by atoms with Gasteiger partial charge in [-0.25, -0.2) is 9.78 Å². The van der Waals surface area contributed by atoms with Crippen LogP contribution in [-0.4, -0.2) is 16.1 Å². The van der Waals surface area contributed by atoms with Crippen LogP contribution in [0.5, 0.6) is 0 Å². The molecule has 5 nitrogen and oxygen atoms in total. The van der Waals surface area contributed by atoms with E-state index in [1.54, 1.807) is 0 Å². The summed E-state index contributed by atoms with van der Waals surface area (Å²) in [6, 6.07) is 0. The summed E-state index contributed by atoms with van der Waals surface area (Å²) >= 11 is 0. The number of hydrogen-bond donors (Lipinski definition) is 1. The molecule has 0 fully saturated rings. The maximum atomic E-state index is 11.0. The SMILES string of the molecule is CCc1nc(-c2c(C)oc(C)c2C)oc1C(=O)O. The molecule has 2 heterocycles. The average Bonchev–Trinajstić information content (AvgIpc) is 2.82. The van der Waals surface area contributed by atoms with E-state index in [-0.39, 0.29) is 5.76 Å². The monoisotopic (exact) mass is 249 g/mol. The van der Waals surface area contributed by atoms with Gasteiger partial charge in [0.2, 0.25) is 11.7 Å². The Morgan fingerprint density at radius 1 is 1.22 bits per heavy atom. The molecule has 0 aliphatic rings. The molecule has 2 aromatic rings. The van der Waals surface area contributed by atoms with Crippen molar-refractivity contribution in [3.63, 3.8) is 0 Å². The topological polar surface area (TPSA) is 76.5 Å². The molecule has 0 saturated heterocycles. The van der Waals surface area contributed by atoms with Gasteiger partial charge in [0, 0.05) is 5.56 Å². The molecule has 0 unspecified atom stereocenters. The number of aryl methyl sites for hydroxylation is 3. The Bertz CT molecular complexity index is 607. The zero-order valence-electron chi connectivity index (χ0n) is 10.8. The first-order valence-corrected chi connectivity index (χ1v) is 5.75. The summed E-state index contributed by atoms with van der Waals surface area (Å²) in [5.41, 5.74) is 2.12. The molecule has 0 amide bonds. The molecule has 1 N–H and O–H groups in total. The summed E-state index contributed by atoms with van der Waals surface area (Å²) in [5.74, 6) is 0.601. The lowest BCUT2D eigenvalue weighted by Crippen LogP contribution is -1.98. The lowest BCUT2D eigenvalue weighted by molar-refractivity contribution is 0.0662. The minimum atomic E-state index is -1.10. The van der Waals surface area contributed by atoms with E-state index in [1.165, 1.54) is 0 Å². The smallest absolute Gasteiger partial charge is 0.373 e. The molecule has 0 atom stereocenters. The number of furan rings is 1. The number of carboxylic acids is 1. The zero-order valence-corrected chi connectivity index (χ0v) is 10.8. The van der Waals surface area contributed by atoms with Crippen LogP contribution in [0, 0.1) is 20.8 Å². The van der Waals surface area contributed by atoms with Gasteiger partial charge in [-0.1, -0.05) is 6.92 Å². The lowest BCUT2D eigenvalue weighted by atomic mass is 10.1. The first-order valence-electron chi connectivity index (χ1n) is 5.75. The molecule has 0 aliphatic heterocycles. The molecule has 0 saturated carbocycles. The van der Waals surface area contributed by atoms with Crippen molar-refractivity contribution in [2.45, 2.75) is 34.1 Å². The second-order valence-corrected chi connectivity index (χ2v) is 4.17. The number of aromatic carboxylic acids is 1. The number of carboxylic acid groups (broad SMARTS) is 1. The Labute approximate surface area is 104 Å². The van der Waals surface area contributed by atoms with Gasteiger partial charge in [0.05, 0.1) is 11.3 Å². The van der Waals surface area contributed by atoms with E-state index in [0.717, 1.165) is 16.9 Å². The molecule has 96 valence electrons. The van der Waals surface area contributed by atoms with E-state index in [1.807, 2.05) is 27.7 Å². The molecule has 2 aromatic heterocycles. The fourth-order valence-corrected chi connectivity index (χ4v) is 1.97. The van der Waals surface area contributed by atoms with Crippen molar-refractivity contribution in [2.24, 2.45) is 0 Å². The molecule has 0 aromatic carbocycles. The van der Waals surface area contributed by atoms with Gasteiger partial charge in [0.15, 0.2) is 0 Å². The van der Waals surface area contributed by atoms with Crippen LogP contribution < -0.4 is 0 Å². The van der Waals surface area contributed by atoms with E-state index < -0.39 is 5.97 Å². The minimum Gasteiger partial charge on any atom is -0.475 e. The second kappa shape index (κ2) is 4.33. The van der Waals surface area contributed by atoms with Crippen molar-refractivity contribution in [1.82, 2.24) is 4.98 Å². The molecule has 5 heteroatoms. The van der Waals surface area contributed by atoms with E-state index >= 15 is 0 Å². The maximum Gasteiger partial charge on any atom is 0.373 e. The number of oxazole rings is 1. The number of hydrogen-bond acceptors (Lipinski definition) is 4. The van der Waals surface area contributed by atoms with Gasteiger partial charge in [-0.15, -0.1) is 0 Å². The van der Waals surface area contributed by atoms with E-state index in [9.17, 15) is 4.79 Å². The molecule has 0 bridgehead atoms. The summed E-state index contributed by atoms with van der Waals surface area (Å²) in [5, 5.41) is 9.04. The third-order valence-corrected chi connectivity index (χ3v) is 3.00. The predicted octanol–water partition coefficient (Wildman–Crippen LogP) is 3.12. The lowest BCUT2D eigenvalue weighted by Gasteiger charge is -1.93. The molecule has 0 spiro atoms. The molecular weight excluding hydrogens is 234 g/mol. The molecule has 18 heavy (non-hydrogen) atoms. The van der Waals surface area contributed by atoms with Crippen LogP contribution in [-0.2, 0) is 6.42 Å². The van der Waals surface area contributed by atoms with Crippen LogP contribution in [0.1, 0.15) is 40.3 Å². The fraction of sp³-hybridized carbons (Fsp3) is 0.385. The van der Waals surface area contributed by atoms with Crippen LogP contribution in [0.3, 0.4) is 0 Å². The van der Waals surface area contributed by atoms with Crippen molar-refractivity contribution in [1.29, 1.82) is 0 Å². The number of rotatable bonds is 3. The third kappa shape index (κ3) is 1.81. The predicted molar refractivity (Wildman–Crippen MR) is 64.8 cm³/mol. The summed E-state index contributed by atoms with van der Waals surface area (Å²) < 4.78 is 10.9. The highest BCUT2D eigenvalue weighted by molar-refractivity contribution is 5.86. The Morgan fingerprint density at radius 2 is 1.89 bits per heavy atom. The number of aromatic nitrogens is 1. The van der Waals surface area contributed by atoms with Crippen molar-refractivity contribution in [3.8, 4) is 11.5 Å². The van der Waals surface area contributed by atoms with Crippen molar-refractivity contribution in [2.75, 3.05) is 0 Å². The Balaban J connectivity index is 2.61. The van der Waals surface area contributed by atoms with Gasteiger partial charge < -0.3 is 13.9 Å². The Kier molecular flexibility index (Phi) is 2.98.